The monoisotopic (exact) mass is 240 g/mol. The van der Waals surface area contributed by atoms with E-state index in [9.17, 15) is 0 Å². The minimum Gasteiger partial charge on any atom is -0.343 e. The molecule has 0 amide bonds. The normalized spacial score (nSPS) is 25.7. The van der Waals surface area contributed by atoms with Crippen LogP contribution in [0.5, 0.6) is 0 Å². The summed E-state index contributed by atoms with van der Waals surface area (Å²) in [6.07, 6.45) is 1.35. The maximum atomic E-state index is 2.62. The average molecular weight is 240 g/mol. The minimum absolute atomic E-state index is 0.783. The number of aromatic nitrogens is 1. The molecule has 1 aromatic heterocycles. The van der Waals surface area contributed by atoms with Crippen LogP contribution in [0.15, 0.2) is 18.2 Å². The molecule has 94 valence electrons. The summed E-state index contributed by atoms with van der Waals surface area (Å²) in [6.45, 7) is 9.30. The van der Waals surface area contributed by atoms with Gasteiger partial charge >= 0.3 is 0 Å². The van der Waals surface area contributed by atoms with Crippen molar-refractivity contribution in [3.63, 3.8) is 0 Å². The van der Waals surface area contributed by atoms with E-state index in [4.69, 9.17) is 0 Å². The molecule has 2 bridgehead atoms. The topological polar surface area (TPSA) is 8.17 Å². The van der Waals surface area contributed by atoms with E-state index in [1.807, 2.05) is 0 Å². The average Bonchev–Trinajstić information content (AvgIpc) is 2.88. The summed E-state index contributed by atoms with van der Waals surface area (Å²) in [7, 11) is 0. The van der Waals surface area contributed by atoms with Gasteiger partial charge in [0.25, 0.3) is 0 Å². The summed E-state index contributed by atoms with van der Waals surface area (Å²) >= 11 is 0. The molecule has 0 spiro atoms. The van der Waals surface area contributed by atoms with E-state index in [1.165, 1.54) is 36.0 Å². The zero-order chi connectivity index (χ0) is 12.3. The minimum atomic E-state index is 0.783. The van der Waals surface area contributed by atoms with Gasteiger partial charge in [-0.2, -0.15) is 0 Å². The van der Waals surface area contributed by atoms with Crippen LogP contribution in [0.2, 0.25) is 0 Å². The van der Waals surface area contributed by atoms with Gasteiger partial charge in [-0.05, 0) is 44.5 Å². The Balaban J connectivity index is 2.07. The predicted molar refractivity (Wildman–Crippen MR) is 75.0 cm³/mol. The van der Waals surface area contributed by atoms with Crippen molar-refractivity contribution in [2.75, 3.05) is 13.1 Å². The van der Waals surface area contributed by atoms with Crippen LogP contribution in [0, 0.1) is 6.92 Å². The van der Waals surface area contributed by atoms with E-state index < -0.39 is 0 Å². The van der Waals surface area contributed by atoms with Gasteiger partial charge in [-0.25, -0.2) is 0 Å². The molecule has 0 saturated carbocycles. The lowest BCUT2D eigenvalue weighted by atomic mass is 9.93. The molecule has 4 rings (SSSR count). The lowest BCUT2D eigenvalue weighted by Crippen LogP contribution is -2.26. The highest BCUT2D eigenvalue weighted by Crippen LogP contribution is 2.42. The molecule has 0 aliphatic carbocycles. The second kappa shape index (κ2) is 3.61. The van der Waals surface area contributed by atoms with Crippen LogP contribution in [0.25, 0.3) is 10.9 Å². The zero-order valence-corrected chi connectivity index (χ0v) is 11.2. The standard InChI is InChI=1S/C16H20N2/c1-3-18-14-5-4-11(2)8-13(14)16-12-6-7-17(9-12)10-15(16)18/h4-5,8,12H,3,6-7,9-10H2,1-2H3. The molecule has 2 aromatic rings. The third-order valence-corrected chi connectivity index (χ3v) is 4.74. The van der Waals surface area contributed by atoms with Crippen molar-refractivity contribution in [2.24, 2.45) is 0 Å². The molecule has 2 unspecified atom stereocenters. The summed E-state index contributed by atoms with van der Waals surface area (Å²) in [4.78, 5) is 2.62. The molecule has 18 heavy (non-hydrogen) atoms. The fourth-order valence-corrected chi connectivity index (χ4v) is 3.96. The fourth-order valence-electron chi connectivity index (χ4n) is 3.96. The Morgan fingerprint density at radius 2 is 2.22 bits per heavy atom. The smallest absolute Gasteiger partial charge is 0.0486 e. The molecule has 2 aliphatic heterocycles. The Morgan fingerprint density at radius 1 is 1.33 bits per heavy atom. The van der Waals surface area contributed by atoms with Crippen LogP contribution in [-0.2, 0) is 13.1 Å². The molecule has 0 radical (unpaired) electrons. The molecule has 2 nitrogen and oxygen atoms in total. The summed E-state index contributed by atoms with van der Waals surface area (Å²) in [5.41, 5.74) is 6.09. The van der Waals surface area contributed by atoms with Crippen LogP contribution < -0.4 is 0 Å². The SMILES string of the molecule is CCn1c2c(c3cc(C)ccc31)C1CCN(C2)C1. The van der Waals surface area contributed by atoms with E-state index in [1.54, 1.807) is 11.3 Å². The number of rotatable bonds is 1. The van der Waals surface area contributed by atoms with Crippen LogP contribution in [0.3, 0.4) is 0 Å². The molecule has 3 heterocycles. The molecule has 1 fully saturated rings. The molecular formula is C16H20N2. The molecule has 2 heteroatoms. The number of fused-ring (bicyclic) bond motifs is 6. The van der Waals surface area contributed by atoms with Crippen LogP contribution in [0.4, 0.5) is 0 Å². The maximum Gasteiger partial charge on any atom is 0.0486 e. The highest BCUT2D eigenvalue weighted by Gasteiger charge is 2.34. The van der Waals surface area contributed by atoms with Gasteiger partial charge in [0, 0.05) is 42.1 Å². The highest BCUT2D eigenvalue weighted by atomic mass is 15.2. The Bertz CT molecular complexity index is 624. The first kappa shape index (κ1) is 10.6. The lowest BCUT2D eigenvalue weighted by molar-refractivity contribution is 0.304. The Hall–Kier alpha value is -1.28. The summed E-state index contributed by atoms with van der Waals surface area (Å²) in [5, 5.41) is 1.53. The molecule has 1 aromatic carbocycles. The predicted octanol–water partition coefficient (Wildman–Crippen LogP) is 3.27. The number of hydrogen-bond acceptors (Lipinski definition) is 1. The van der Waals surface area contributed by atoms with Crippen molar-refractivity contribution in [3.8, 4) is 0 Å². The Kier molecular flexibility index (Phi) is 2.13. The van der Waals surface area contributed by atoms with E-state index >= 15 is 0 Å². The summed E-state index contributed by atoms with van der Waals surface area (Å²) < 4.78 is 2.54. The first-order valence-corrected chi connectivity index (χ1v) is 7.12. The van der Waals surface area contributed by atoms with Crippen molar-refractivity contribution in [3.05, 3.63) is 35.0 Å². The van der Waals surface area contributed by atoms with Crippen LogP contribution in [-0.4, -0.2) is 22.6 Å². The molecule has 1 saturated heterocycles. The van der Waals surface area contributed by atoms with E-state index in [0.29, 0.717) is 0 Å². The fraction of sp³-hybridized carbons (Fsp3) is 0.500. The molecule has 2 atom stereocenters. The highest BCUT2D eigenvalue weighted by molar-refractivity contribution is 5.87. The van der Waals surface area contributed by atoms with Gasteiger partial charge in [-0.3, -0.25) is 4.90 Å². The van der Waals surface area contributed by atoms with E-state index in [0.717, 1.165) is 19.0 Å². The van der Waals surface area contributed by atoms with Gasteiger partial charge in [0.2, 0.25) is 0 Å². The van der Waals surface area contributed by atoms with Gasteiger partial charge in [0.1, 0.15) is 0 Å². The number of benzene rings is 1. The molecule has 0 N–H and O–H groups in total. The third-order valence-electron chi connectivity index (χ3n) is 4.74. The van der Waals surface area contributed by atoms with Crippen molar-refractivity contribution in [1.82, 2.24) is 9.47 Å². The second-order valence-electron chi connectivity index (χ2n) is 5.85. The Labute approximate surface area is 108 Å². The maximum absolute atomic E-state index is 2.62. The number of aryl methyl sites for hydroxylation is 2. The largest absolute Gasteiger partial charge is 0.343 e. The van der Waals surface area contributed by atoms with Gasteiger partial charge in [0.15, 0.2) is 0 Å². The first-order valence-electron chi connectivity index (χ1n) is 7.12. The van der Waals surface area contributed by atoms with Crippen molar-refractivity contribution >= 4 is 10.9 Å². The molecular weight excluding hydrogens is 220 g/mol. The zero-order valence-electron chi connectivity index (χ0n) is 11.2. The number of hydrogen-bond donors (Lipinski definition) is 0. The lowest BCUT2D eigenvalue weighted by Gasteiger charge is -2.24. The van der Waals surface area contributed by atoms with Gasteiger partial charge in [0.05, 0.1) is 0 Å². The third kappa shape index (κ3) is 1.27. The van der Waals surface area contributed by atoms with Gasteiger partial charge < -0.3 is 4.57 Å². The summed E-state index contributed by atoms with van der Waals surface area (Å²) in [6, 6.07) is 6.96. The van der Waals surface area contributed by atoms with Crippen molar-refractivity contribution in [1.29, 1.82) is 0 Å². The molecule has 2 aliphatic rings. The first-order chi connectivity index (χ1) is 8.78. The van der Waals surface area contributed by atoms with Gasteiger partial charge in [-0.15, -0.1) is 0 Å². The Morgan fingerprint density at radius 3 is 3.06 bits per heavy atom. The van der Waals surface area contributed by atoms with Crippen molar-refractivity contribution < 1.29 is 0 Å². The number of nitrogens with zero attached hydrogens (tertiary/aromatic N) is 2. The summed E-state index contributed by atoms with van der Waals surface area (Å²) in [5.74, 6) is 0.783. The van der Waals surface area contributed by atoms with Crippen LogP contribution in [0.1, 0.15) is 36.1 Å². The second-order valence-corrected chi connectivity index (χ2v) is 5.85. The van der Waals surface area contributed by atoms with E-state index in [2.05, 4.69) is 41.5 Å². The quantitative estimate of drug-likeness (QED) is 0.742. The van der Waals surface area contributed by atoms with Crippen LogP contribution >= 0.6 is 0 Å². The van der Waals surface area contributed by atoms with E-state index in [-0.39, 0.29) is 0 Å². The van der Waals surface area contributed by atoms with Crippen molar-refractivity contribution in [2.45, 2.75) is 39.3 Å². The van der Waals surface area contributed by atoms with Gasteiger partial charge in [-0.1, -0.05) is 11.6 Å².